The summed E-state index contributed by atoms with van der Waals surface area (Å²) in [5, 5.41) is 0. The number of carbonyl (C=O) groups is 3. The van der Waals surface area contributed by atoms with Gasteiger partial charge in [-0.1, -0.05) is 6.07 Å². The van der Waals surface area contributed by atoms with E-state index in [1.54, 1.807) is 24.3 Å². The number of rotatable bonds is 5. The van der Waals surface area contributed by atoms with E-state index in [4.69, 9.17) is 4.74 Å². The fourth-order valence-electron chi connectivity index (χ4n) is 5.24. The Balaban J connectivity index is 1.31. The van der Waals surface area contributed by atoms with Gasteiger partial charge in [0.05, 0.1) is 17.5 Å². The molecule has 0 unspecified atom stereocenters. The van der Waals surface area contributed by atoms with Gasteiger partial charge in [0.15, 0.2) is 12.4 Å². The first-order valence-electron chi connectivity index (χ1n) is 9.92. The van der Waals surface area contributed by atoms with Crippen LogP contribution in [-0.2, 0) is 9.59 Å². The minimum atomic E-state index is -0.409. The van der Waals surface area contributed by atoms with Crippen LogP contribution in [0.5, 0.6) is 5.75 Å². The quantitative estimate of drug-likeness (QED) is 0.575. The lowest BCUT2D eigenvalue weighted by Gasteiger charge is -2.19. The average molecular weight is 393 g/mol. The number of hydrogen-bond donors (Lipinski definition) is 0. The van der Waals surface area contributed by atoms with Crippen molar-refractivity contribution in [2.45, 2.75) is 19.3 Å². The second-order valence-corrected chi connectivity index (χ2v) is 8.11. The lowest BCUT2D eigenvalue weighted by Crippen LogP contribution is -2.32. The topological polar surface area (TPSA) is 63.7 Å². The predicted octanol–water partition coefficient (Wildman–Crippen LogP) is 3.62. The van der Waals surface area contributed by atoms with E-state index in [-0.39, 0.29) is 36.0 Å². The number of ether oxygens (including phenoxy) is 1. The summed E-state index contributed by atoms with van der Waals surface area (Å²) in [6, 6.07) is 12.0. The van der Waals surface area contributed by atoms with E-state index in [2.05, 4.69) is 0 Å². The molecule has 29 heavy (non-hydrogen) atoms. The molecule has 2 bridgehead atoms. The summed E-state index contributed by atoms with van der Waals surface area (Å²) in [6.07, 6.45) is 3.07. The third-order valence-corrected chi connectivity index (χ3v) is 6.54. The normalized spacial score (nSPS) is 27.4. The van der Waals surface area contributed by atoms with Gasteiger partial charge >= 0.3 is 0 Å². The van der Waals surface area contributed by atoms with Gasteiger partial charge in [-0.15, -0.1) is 0 Å². The highest BCUT2D eigenvalue weighted by molar-refractivity contribution is 6.22. The SMILES string of the molecule is O=C(COc1cccc(N2C(=O)[C@@H]3[C@H]4CC[C@H](C4)[C@@H]3C2=O)c1)c1ccc(F)cc1. The standard InChI is InChI=1S/C23H20FNO4/c24-16-8-6-13(7-9-16)19(26)12-29-18-3-1-2-17(11-18)25-22(27)20-14-4-5-15(10-14)21(20)23(25)28/h1-3,6-9,11,14-15,20-21H,4-5,10,12H2/t14-,15+,20+,21-. The first-order valence-corrected chi connectivity index (χ1v) is 9.92. The molecule has 2 aromatic rings. The van der Waals surface area contributed by atoms with Gasteiger partial charge in [-0.3, -0.25) is 14.4 Å². The Hall–Kier alpha value is -3.02. The molecule has 3 fully saturated rings. The highest BCUT2D eigenvalue weighted by Crippen LogP contribution is 2.56. The van der Waals surface area contributed by atoms with Gasteiger partial charge in [0.25, 0.3) is 0 Å². The third-order valence-electron chi connectivity index (χ3n) is 6.54. The Morgan fingerprint density at radius 2 is 1.66 bits per heavy atom. The number of ketones is 1. The Labute approximate surface area is 167 Å². The number of nitrogens with zero attached hydrogens (tertiary/aromatic N) is 1. The average Bonchev–Trinajstić information content (AvgIpc) is 3.41. The van der Waals surface area contributed by atoms with Crippen molar-refractivity contribution in [2.24, 2.45) is 23.7 Å². The molecule has 3 aliphatic rings. The molecular weight excluding hydrogens is 373 g/mol. The molecule has 0 spiro atoms. The number of fused-ring (bicyclic) bond motifs is 5. The Morgan fingerprint density at radius 1 is 1.00 bits per heavy atom. The van der Waals surface area contributed by atoms with Crippen LogP contribution < -0.4 is 9.64 Å². The molecule has 148 valence electrons. The van der Waals surface area contributed by atoms with Crippen molar-refractivity contribution < 1.29 is 23.5 Å². The van der Waals surface area contributed by atoms with E-state index in [1.807, 2.05) is 0 Å². The van der Waals surface area contributed by atoms with Gasteiger partial charge in [-0.25, -0.2) is 9.29 Å². The minimum absolute atomic E-state index is 0.105. The number of benzene rings is 2. The number of Topliss-reactive ketones (excluding diaryl/α,β-unsaturated/α-hetero) is 1. The molecule has 0 N–H and O–H groups in total. The fourth-order valence-corrected chi connectivity index (χ4v) is 5.24. The Morgan fingerprint density at radius 3 is 2.31 bits per heavy atom. The molecule has 1 aliphatic heterocycles. The number of imide groups is 1. The number of halogens is 1. The molecule has 0 aromatic heterocycles. The molecule has 2 amide bonds. The fraction of sp³-hybridized carbons (Fsp3) is 0.348. The van der Waals surface area contributed by atoms with Crippen LogP contribution in [0.15, 0.2) is 48.5 Å². The van der Waals surface area contributed by atoms with Crippen LogP contribution in [0, 0.1) is 29.5 Å². The van der Waals surface area contributed by atoms with Crippen LogP contribution in [-0.4, -0.2) is 24.2 Å². The second kappa shape index (κ2) is 6.79. The number of anilines is 1. The monoisotopic (exact) mass is 393 g/mol. The highest BCUT2D eigenvalue weighted by Gasteiger charge is 2.61. The molecule has 1 heterocycles. The molecule has 2 aromatic carbocycles. The summed E-state index contributed by atoms with van der Waals surface area (Å²) in [5.41, 5.74) is 0.844. The maximum Gasteiger partial charge on any atom is 0.237 e. The van der Waals surface area contributed by atoms with Crippen LogP contribution in [0.2, 0.25) is 0 Å². The van der Waals surface area contributed by atoms with Crippen molar-refractivity contribution in [3.05, 3.63) is 59.9 Å². The van der Waals surface area contributed by atoms with Crippen molar-refractivity contribution in [1.82, 2.24) is 0 Å². The van der Waals surface area contributed by atoms with Crippen molar-refractivity contribution in [3.63, 3.8) is 0 Å². The smallest absolute Gasteiger partial charge is 0.237 e. The summed E-state index contributed by atoms with van der Waals surface area (Å²) < 4.78 is 18.6. The zero-order chi connectivity index (χ0) is 20.1. The zero-order valence-electron chi connectivity index (χ0n) is 15.7. The lowest BCUT2D eigenvalue weighted by atomic mass is 9.81. The van der Waals surface area contributed by atoms with E-state index in [0.717, 1.165) is 19.3 Å². The second-order valence-electron chi connectivity index (χ2n) is 8.11. The first kappa shape index (κ1) is 18.0. The van der Waals surface area contributed by atoms with Gasteiger partial charge in [0, 0.05) is 11.6 Å². The highest BCUT2D eigenvalue weighted by atomic mass is 19.1. The van der Waals surface area contributed by atoms with Gasteiger partial charge in [0.2, 0.25) is 11.8 Å². The van der Waals surface area contributed by atoms with E-state index in [0.29, 0.717) is 28.8 Å². The summed E-state index contributed by atoms with van der Waals surface area (Å²) >= 11 is 0. The van der Waals surface area contributed by atoms with Gasteiger partial charge in [-0.2, -0.15) is 0 Å². The Kier molecular flexibility index (Phi) is 4.23. The number of hydrogen-bond acceptors (Lipinski definition) is 4. The van der Waals surface area contributed by atoms with Crippen LogP contribution in [0.1, 0.15) is 29.6 Å². The van der Waals surface area contributed by atoms with Crippen LogP contribution in [0.4, 0.5) is 10.1 Å². The molecule has 0 radical (unpaired) electrons. The molecule has 1 saturated heterocycles. The molecule has 2 saturated carbocycles. The largest absolute Gasteiger partial charge is 0.485 e. The summed E-state index contributed by atoms with van der Waals surface area (Å²) in [7, 11) is 0. The molecular formula is C23H20FNO4. The van der Waals surface area contributed by atoms with E-state index < -0.39 is 5.82 Å². The molecule has 5 rings (SSSR count). The molecule has 4 atom stereocenters. The predicted molar refractivity (Wildman–Crippen MR) is 103 cm³/mol. The molecule has 2 aliphatic carbocycles. The third kappa shape index (κ3) is 2.94. The van der Waals surface area contributed by atoms with Gasteiger partial charge in [0.1, 0.15) is 11.6 Å². The maximum atomic E-state index is 13.0. The zero-order valence-corrected chi connectivity index (χ0v) is 15.7. The van der Waals surface area contributed by atoms with E-state index in [9.17, 15) is 18.8 Å². The van der Waals surface area contributed by atoms with Crippen LogP contribution in [0.3, 0.4) is 0 Å². The van der Waals surface area contributed by atoms with Gasteiger partial charge < -0.3 is 4.74 Å². The molecule has 5 nitrogen and oxygen atoms in total. The maximum absolute atomic E-state index is 13.0. The summed E-state index contributed by atoms with van der Waals surface area (Å²) in [6.45, 7) is -0.216. The van der Waals surface area contributed by atoms with Crippen LogP contribution in [0.25, 0.3) is 0 Å². The number of amides is 2. The molecule has 6 heteroatoms. The lowest BCUT2D eigenvalue weighted by molar-refractivity contribution is -0.123. The van der Waals surface area contributed by atoms with Crippen molar-refractivity contribution in [1.29, 1.82) is 0 Å². The summed E-state index contributed by atoms with van der Waals surface area (Å²) in [5.74, 6) is -0.185. The first-order chi connectivity index (χ1) is 14.0. The number of carbonyl (C=O) groups excluding carboxylic acids is 3. The Bertz CT molecular complexity index is 974. The van der Waals surface area contributed by atoms with Gasteiger partial charge in [-0.05, 0) is 67.5 Å². The van der Waals surface area contributed by atoms with Crippen molar-refractivity contribution in [2.75, 3.05) is 11.5 Å². The minimum Gasteiger partial charge on any atom is -0.485 e. The van der Waals surface area contributed by atoms with E-state index >= 15 is 0 Å². The van der Waals surface area contributed by atoms with Crippen molar-refractivity contribution >= 4 is 23.3 Å². The summed E-state index contributed by atoms with van der Waals surface area (Å²) in [4.78, 5) is 39.4. The van der Waals surface area contributed by atoms with Crippen molar-refractivity contribution in [3.8, 4) is 5.75 Å². The van der Waals surface area contributed by atoms with E-state index in [1.165, 1.54) is 29.2 Å². The van der Waals surface area contributed by atoms with Crippen LogP contribution >= 0.6 is 0 Å².